The Morgan fingerprint density at radius 1 is 0.400 bits per heavy atom. The third kappa shape index (κ3) is 16.1. The van der Waals surface area contributed by atoms with Gasteiger partial charge in [-0.3, -0.25) is 0 Å². The van der Waals surface area contributed by atoms with Gasteiger partial charge >= 0.3 is 259 Å². The van der Waals surface area contributed by atoms with Crippen LogP contribution in [0, 0.1) is 0 Å². The van der Waals surface area contributed by atoms with E-state index in [0.717, 1.165) is 0 Å². The van der Waals surface area contributed by atoms with E-state index in [1.54, 1.807) is 0 Å². The van der Waals surface area contributed by atoms with Crippen LogP contribution in [0.5, 0.6) is 0 Å². The van der Waals surface area contributed by atoms with Crippen LogP contribution in [0.4, 0.5) is 0 Å². The van der Waals surface area contributed by atoms with Crippen molar-refractivity contribution in [2.24, 2.45) is 0 Å². The first-order chi connectivity index (χ1) is 19.6. The number of halogens is 1. The molecule has 0 nitrogen and oxygen atoms in total. The molecule has 0 aliphatic rings. The fourth-order valence-corrected chi connectivity index (χ4v) is 15.0. The van der Waals surface area contributed by atoms with Crippen molar-refractivity contribution in [1.82, 2.24) is 0 Å². The van der Waals surface area contributed by atoms with Gasteiger partial charge in [-0.05, 0) is 0 Å². The zero-order valence-electron chi connectivity index (χ0n) is 26.6. The van der Waals surface area contributed by atoms with Gasteiger partial charge in [0.1, 0.15) is 0 Å². The van der Waals surface area contributed by atoms with Crippen molar-refractivity contribution in [3.8, 4) is 0 Å². The molecule has 0 N–H and O–H groups in total. The van der Waals surface area contributed by atoms with Gasteiger partial charge in [-0.15, -0.1) is 0 Å². The number of hydrogen-bond acceptors (Lipinski definition) is 0. The van der Waals surface area contributed by atoms with E-state index in [1.165, 1.54) is 164 Å². The van der Waals surface area contributed by atoms with E-state index in [4.69, 9.17) is 15.5 Å². The molecule has 2 rings (SSSR count). The van der Waals surface area contributed by atoms with Crippen molar-refractivity contribution in [1.29, 1.82) is 0 Å². The van der Waals surface area contributed by atoms with Crippen LogP contribution in [0.15, 0.2) is 60.7 Å². The second-order valence-electron chi connectivity index (χ2n) is 12.9. The predicted molar refractivity (Wildman–Crippen MR) is 190 cm³/mol. The third-order valence-corrected chi connectivity index (χ3v) is 17.8. The quantitative estimate of drug-likeness (QED) is 0.0716. The van der Waals surface area contributed by atoms with Gasteiger partial charge in [0, 0.05) is 0 Å². The number of unbranched alkanes of at least 4 members (excludes halogenated alkanes) is 18. The number of rotatable bonds is 26. The monoisotopic (exact) mass is 630 g/mol. The molecule has 40 heavy (non-hydrogen) atoms. The molecule has 0 spiro atoms. The summed E-state index contributed by atoms with van der Waals surface area (Å²) in [5.41, 5.74) is 3.07. The van der Waals surface area contributed by atoms with Crippen molar-refractivity contribution in [2.45, 2.75) is 155 Å². The average Bonchev–Trinajstić information content (AvgIpc) is 2.96. The molecule has 0 unspecified atom stereocenters. The summed E-state index contributed by atoms with van der Waals surface area (Å²) in [6.07, 6.45) is 33.6. The van der Waals surface area contributed by atoms with Gasteiger partial charge < -0.3 is 0 Å². The topological polar surface area (TPSA) is 0 Å². The molecule has 0 amide bonds. The molecule has 2 aromatic carbocycles. The minimum atomic E-state index is -2.15. The fraction of sp³-hybridized carbons (Fsp3) is 0.684. The Labute approximate surface area is 258 Å². The summed E-state index contributed by atoms with van der Waals surface area (Å²) in [7, 11) is 0. The summed E-state index contributed by atoms with van der Waals surface area (Å²) >= 11 is 4.73. The Balaban J connectivity index is 1.96. The van der Waals surface area contributed by atoms with Gasteiger partial charge in [-0.25, -0.2) is 0 Å². The van der Waals surface area contributed by atoms with Crippen molar-refractivity contribution >= 4 is 20.8 Å². The molecule has 228 valence electrons. The second-order valence-corrected chi connectivity index (χ2v) is 24.1. The van der Waals surface area contributed by atoms with Crippen molar-refractivity contribution in [2.75, 3.05) is 12.3 Å². The van der Waals surface area contributed by atoms with E-state index in [9.17, 15) is 0 Å². The molecular weight excluding hydrogens is 567 g/mol. The summed E-state index contributed by atoms with van der Waals surface area (Å²) in [5.74, 6) is 0. The van der Waals surface area contributed by atoms with E-state index >= 15 is 0 Å². The maximum absolute atomic E-state index is 4.73. The molecule has 0 atom stereocenters. The average molecular weight is 632 g/mol. The second kappa shape index (κ2) is 22.0. The van der Waals surface area contributed by atoms with E-state index in [1.807, 2.05) is 0 Å². The molecule has 2 heteroatoms. The van der Waals surface area contributed by atoms with Crippen LogP contribution in [0.2, 0.25) is 0 Å². The van der Waals surface area contributed by atoms with Crippen molar-refractivity contribution in [3.05, 3.63) is 71.8 Å². The van der Waals surface area contributed by atoms with E-state index in [2.05, 4.69) is 74.5 Å². The van der Waals surface area contributed by atoms with Gasteiger partial charge in [0.05, 0.1) is 0 Å². The molecule has 2 aromatic rings. The van der Waals surface area contributed by atoms with Crippen LogP contribution >= 0.6 is 20.8 Å². The van der Waals surface area contributed by atoms with Crippen molar-refractivity contribution < 1.29 is 0 Å². The standard InChI is InChI=1S/C38H64BrP/c1-3-5-7-9-11-13-15-17-19-27-33-40(39,35-37-29-23-21-24-30-37,36-38-31-25-22-26-32-38)34-28-20-18-16-14-12-10-8-6-4-2/h21-26,29-32H,3-20,27-28,33-36H2,1-2H3. The minimum absolute atomic E-state index is 1.25. The predicted octanol–water partition coefficient (Wildman–Crippen LogP) is 14.1. The molecule has 0 saturated heterocycles. The number of benzene rings is 2. The third-order valence-electron chi connectivity index (χ3n) is 8.98. The van der Waals surface area contributed by atoms with Gasteiger partial charge in [0.15, 0.2) is 0 Å². The van der Waals surface area contributed by atoms with Crippen LogP contribution in [0.1, 0.15) is 153 Å². The van der Waals surface area contributed by atoms with Gasteiger partial charge in [-0.1, -0.05) is 0 Å². The molecule has 0 aliphatic heterocycles. The first-order valence-electron chi connectivity index (χ1n) is 17.4. The summed E-state index contributed by atoms with van der Waals surface area (Å²) in [4.78, 5) is 0. The SMILES string of the molecule is CCCCCCCCCCCCP(Br)(CCCCCCCCCCCC)(Cc1ccccc1)Cc1ccccc1. The van der Waals surface area contributed by atoms with Gasteiger partial charge in [0.25, 0.3) is 0 Å². The Kier molecular flexibility index (Phi) is 19.5. The summed E-state index contributed by atoms with van der Waals surface area (Å²) in [5, 5.41) is -2.15. The first-order valence-corrected chi connectivity index (χ1v) is 22.4. The molecule has 0 fully saturated rings. The van der Waals surface area contributed by atoms with Crippen molar-refractivity contribution in [3.63, 3.8) is 0 Å². The van der Waals surface area contributed by atoms with E-state index in [-0.39, 0.29) is 0 Å². The van der Waals surface area contributed by atoms with E-state index in [0.29, 0.717) is 0 Å². The Hall–Kier alpha value is -0.650. The normalized spacial score (nSPS) is 12.8. The van der Waals surface area contributed by atoms with Crippen LogP contribution in [-0.2, 0) is 12.3 Å². The molecule has 0 heterocycles. The zero-order chi connectivity index (χ0) is 28.6. The van der Waals surface area contributed by atoms with Gasteiger partial charge in [-0.2, -0.15) is 0 Å². The Morgan fingerprint density at radius 3 is 0.975 bits per heavy atom. The van der Waals surface area contributed by atoms with Gasteiger partial charge in [0.2, 0.25) is 0 Å². The summed E-state index contributed by atoms with van der Waals surface area (Å²) < 4.78 is 0. The molecule has 0 aromatic heterocycles. The van der Waals surface area contributed by atoms with E-state index < -0.39 is 5.31 Å². The molecule has 0 radical (unpaired) electrons. The van der Waals surface area contributed by atoms with Crippen LogP contribution in [0.25, 0.3) is 0 Å². The zero-order valence-corrected chi connectivity index (χ0v) is 29.0. The molecule has 0 bridgehead atoms. The summed E-state index contributed by atoms with van der Waals surface area (Å²) in [6.45, 7) is 4.62. The van der Waals surface area contributed by atoms with Crippen LogP contribution in [0.3, 0.4) is 0 Å². The van der Waals surface area contributed by atoms with Crippen LogP contribution in [-0.4, -0.2) is 12.3 Å². The maximum atomic E-state index is 4.73. The Morgan fingerprint density at radius 2 is 0.675 bits per heavy atom. The molecule has 0 saturated carbocycles. The summed E-state index contributed by atoms with van der Waals surface area (Å²) in [6, 6.07) is 22.8. The molecular formula is C38H64BrP. The Bertz CT molecular complexity index is 764. The molecule has 0 aliphatic carbocycles. The number of hydrogen-bond donors (Lipinski definition) is 0. The first kappa shape index (κ1) is 35.5. The van der Waals surface area contributed by atoms with Crippen LogP contribution < -0.4 is 0 Å². The fourth-order valence-electron chi connectivity index (χ4n) is 6.55.